The van der Waals surface area contributed by atoms with Crippen molar-refractivity contribution in [3.05, 3.63) is 82.0 Å². The maximum absolute atomic E-state index is 12.9. The predicted molar refractivity (Wildman–Crippen MR) is 123 cm³/mol. The van der Waals surface area contributed by atoms with Gasteiger partial charge in [-0.2, -0.15) is 0 Å². The Morgan fingerprint density at radius 2 is 1.77 bits per heavy atom. The van der Waals surface area contributed by atoms with E-state index in [9.17, 15) is 4.79 Å². The van der Waals surface area contributed by atoms with Crippen molar-refractivity contribution in [1.29, 1.82) is 0 Å². The van der Waals surface area contributed by atoms with E-state index < -0.39 is 0 Å². The monoisotopic (exact) mass is 420 g/mol. The summed E-state index contributed by atoms with van der Waals surface area (Å²) in [6.07, 6.45) is 6.24. The summed E-state index contributed by atoms with van der Waals surface area (Å²) in [5.74, 6) is 0.739. The van der Waals surface area contributed by atoms with Crippen molar-refractivity contribution in [2.75, 3.05) is 18.4 Å². The third-order valence-corrected chi connectivity index (χ3v) is 7.49. The van der Waals surface area contributed by atoms with Gasteiger partial charge in [-0.15, -0.1) is 11.3 Å². The van der Waals surface area contributed by atoms with Gasteiger partial charge in [0.1, 0.15) is 11.0 Å². The number of aryl methyl sites for hydroxylation is 1. The van der Waals surface area contributed by atoms with E-state index in [1.807, 2.05) is 42.7 Å². The van der Waals surface area contributed by atoms with E-state index in [0.29, 0.717) is 5.56 Å². The standard InChI is InChI=1S/C25H29N3OS/c1-17-11-15-28(16-12-17)23(20-9-13-26-14-10-20)22-18(2)19(3)30-25(22)27-24(29)21-7-5-4-6-8-21/h4-10,13-14,17,23H,11-12,15-16H2,1-3H3,(H,27,29)/p+1/t23-/m1/s1. The molecule has 0 aliphatic carbocycles. The Bertz CT molecular complexity index is 992. The first-order valence-corrected chi connectivity index (χ1v) is 11.6. The number of aromatic nitrogens is 1. The van der Waals surface area contributed by atoms with Gasteiger partial charge in [-0.1, -0.05) is 25.1 Å². The zero-order valence-electron chi connectivity index (χ0n) is 17.9. The molecular weight excluding hydrogens is 390 g/mol. The van der Waals surface area contributed by atoms with Crippen molar-refractivity contribution in [2.45, 2.75) is 39.7 Å². The van der Waals surface area contributed by atoms with Gasteiger partial charge in [0.25, 0.3) is 5.91 Å². The fourth-order valence-electron chi connectivity index (χ4n) is 4.43. The van der Waals surface area contributed by atoms with Crippen molar-refractivity contribution in [3.63, 3.8) is 0 Å². The number of amides is 1. The summed E-state index contributed by atoms with van der Waals surface area (Å²) < 4.78 is 0. The van der Waals surface area contributed by atoms with Crippen LogP contribution in [0.3, 0.4) is 0 Å². The van der Waals surface area contributed by atoms with Crippen LogP contribution in [0.25, 0.3) is 0 Å². The van der Waals surface area contributed by atoms with Gasteiger partial charge in [-0.25, -0.2) is 0 Å². The van der Waals surface area contributed by atoms with Crippen LogP contribution < -0.4 is 10.2 Å². The van der Waals surface area contributed by atoms with Gasteiger partial charge in [0.15, 0.2) is 0 Å². The smallest absolute Gasteiger partial charge is 0.256 e. The van der Waals surface area contributed by atoms with Gasteiger partial charge >= 0.3 is 0 Å². The average molecular weight is 421 g/mol. The molecule has 1 fully saturated rings. The van der Waals surface area contributed by atoms with Crippen LogP contribution >= 0.6 is 11.3 Å². The summed E-state index contributed by atoms with van der Waals surface area (Å²) in [4.78, 5) is 20.0. The number of anilines is 1. The number of quaternary nitrogens is 1. The molecule has 4 nitrogen and oxygen atoms in total. The Labute approximate surface area is 183 Å². The lowest BCUT2D eigenvalue weighted by Gasteiger charge is -2.34. The Morgan fingerprint density at radius 1 is 1.10 bits per heavy atom. The summed E-state index contributed by atoms with van der Waals surface area (Å²) >= 11 is 1.69. The summed E-state index contributed by atoms with van der Waals surface area (Å²) in [6.45, 7) is 8.99. The molecular formula is C25H30N3OS+. The molecule has 0 saturated carbocycles. The largest absolute Gasteiger partial charge is 0.325 e. The minimum atomic E-state index is -0.0474. The second kappa shape index (κ2) is 9.11. The molecule has 0 spiro atoms. The molecule has 0 radical (unpaired) electrons. The minimum Gasteiger partial charge on any atom is -0.325 e. The van der Waals surface area contributed by atoms with E-state index in [-0.39, 0.29) is 11.9 Å². The third-order valence-electron chi connectivity index (χ3n) is 6.35. The number of pyridine rings is 1. The van der Waals surface area contributed by atoms with E-state index in [1.54, 1.807) is 16.2 Å². The number of nitrogens with one attached hydrogen (secondary N) is 2. The van der Waals surface area contributed by atoms with Crippen molar-refractivity contribution in [3.8, 4) is 0 Å². The topological polar surface area (TPSA) is 46.4 Å². The molecule has 1 amide bonds. The summed E-state index contributed by atoms with van der Waals surface area (Å²) in [7, 11) is 0. The van der Waals surface area contributed by atoms with Gasteiger partial charge in [-0.3, -0.25) is 9.78 Å². The number of benzene rings is 1. The van der Waals surface area contributed by atoms with Crippen molar-refractivity contribution in [1.82, 2.24) is 4.98 Å². The lowest BCUT2D eigenvalue weighted by atomic mass is 9.91. The fraction of sp³-hybridized carbons (Fsp3) is 0.360. The molecule has 3 heterocycles. The zero-order chi connectivity index (χ0) is 21.1. The molecule has 156 valence electrons. The van der Waals surface area contributed by atoms with E-state index in [4.69, 9.17) is 0 Å². The Hall–Kier alpha value is -2.50. The number of carbonyl (C=O) groups excluding carboxylic acids is 1. The van der Waals surface area contributed by atoms with Crippen molar-refractivity contribution in [2.24, 2.45) is 5.92 Å². The number of nitrogens with zero attached hydrogens (tertiary/aromatic N) is 1. The van der Waals surface area contributed by atoms with Gasteiger partial charge in [0.2, 0.25) is 0 Å². The van der Waals surface area contributed by atoms with Crippen LogP contribution in [0.4, 0.5) is 5.00 Å². The highest BCUT2D eigenvalue weighted by atomic mass is 32.1. The van der Waals surface area contributed by atoms with Crippen LogP contribution in [0.1, 0.15) is 57.7 Å². The number of likely N-dealkylation sites (tertiary alicyclic amines) is 1. The van der Waals surface area contributed by atoms with Crippen LogP contribution in [0.2, 0.25) is 0 Å². The third kappa shape index (κ3) is 4.32. The van der Waals surface area contributed by atoms with E-state index in [0.717, 1.165) is 24.0 Å². The molecule has 0 unspecified atom stereocenters. The lowest BCUT2D eigenvalue weighted by Crippen LogP contribution is -3.13. The molecule has 2 N–H and O–H groups in total. The number of rotatable bonds is 5. The van der Waals surface area contributed by atoms with Crippen molar-refractivity contribution < 1.29 is 9.69 Å². The van der Waals surface area contributed by atoms with Gasteiger partial charge in [0.05, 0.1) is 18.7 Å². The molecule has 1 atom stereocenters. The average Bonchev–Trinajstić information content (AvgIpc) is 3.04. The first-order valence-electron chi connectivity index (χ1n) is 10.8. The number of thiophene rings is 1. The second-order valence-electron chi connectivity index (χ2n) is 8.40. The highest BCUT2D eigenvalue weighted by Crippen LogP contribution is 2.38. The van der Waals surface area contributed by atoms with Crippen LogP contribution in [0.15, 0.2) is 54.9 Å². The number of hydrogen-bond acceptors (Lipinski definition) is 3. The Morgan fingerprint density at radius 3 is 2.43 bits per heavy atom. The Kier molecular flexibility index (Phi) is 6.30. The maximum atomic E-state index is 12.9. The molecule has 3 aromatic rings. The van der Waals surface area contributed by atoms with E-state index in [2.05, 4.69) is 43.2 Å². The lowest BCUT2D eigenvalue weighted by molar-refractivity contribution is -0.931. The molecule has 30 heavy (non-hydrogen) atoms. The SMILES string of the molecule is Cc1sc(NC(=O)c2ccccc2)c([C@@H](c2ccncc2)[NH+]2CCC(C)CC2)c1C. The van der Waals surface area contributed by atoms with Crippen LogP contribution in [-0.2, 0) is 0 Å². The van der Waals surface area contributed by atoms with Crippen LogP contribution in [-0.4, -0.2) is 24.0 Å². The highest BCUT2D eigenvalue weighted by Gasteiger charge is 2.34. The summed E-state index contributed by atoms with van der Waals surface area (Å²) in [5.41, 5.74) is 4.51. The minimum absolute atomic E-state index is 0.0474. The molecule has 1 saturated heterocycles. The Balaban J connectivity index is 1.74. The highest BCUT2D eigenvalue weighted by molar-refractivity contribution is 7.16. The molecule has 0 bridgehead atoms. The number of piperidine rings is 1. The van der Waals surface area contributed by atoms with Crippen molar-refractivity contribution >= 4 is 22.2 Å². The molecule has 1 aliphatic rings. The molecule has 1 aromatic carbocycles. The molecule has 2 aromatic heterocycles. The van der Waals surface area contributed by atoms with E-state index >= 15 is 0 Å². The second-order valence-corrected chi connectivity index (χ2v) is 9.63. The zero-order valence-corrected chi connectivity index (χ0v) is 18.8. The summed E-state index contributed by atoms with van der Waals surface area (Å²) in [6, 6.07) is 13.9. The van der Waals surface area contributed by atoms with Gasteiger partial charge in [-0.05, 0) is 62.4 Å². The van der Waals surface area contributed by atoms with Crippen LogP contribution in [0, 0.1) is 19.8 Å². The molecule has 5 heteroatoms. The number of hydrogen-bond donors (Lipinski definition) is 2. The van der Waals surface area contributed by atoms with Gasteiger partial charge in [0, 0.05) is 28.4 Å². The number of carbonyl (C=O) groups is 1. The molecule has 1 aliphatic heterocycles. The maximum Gasteiger partial charge on any atom is 0.256 e. The van der Waals surface area contributed by atoms with Gasteiger partial charge < -0.3 is 10.2 Å². The first-order chi connectivity index (χ1) is 14.5. The fourth-order valence-corrected chi connectivity index (χ4v) is 5.53. The molecule has 4 rings (SSSR count). The van der Waals surface area contributed by atoms with E-state index in [1.165, 1.54) is 34.4 Å². The quantitative estimate of drug-likeness (QED) is 0.642. The first kappa shape index (κ1) is 20.8. The predicted octanol–water partition coefficient (Wildman–Crippen LogP) is 4.42. The normalized spacial score (nSPS) is 20.0. The summed E-state index contributed by atoms with van der Waals surface area (Å²) in [5, 5.41) is 4.22. The van der Waals surface area contributed by atoms with Crippen LogP contribution in [0.5, 0.6) is 0 Å².